The third-order valence-corrected chi connectivity index (χ3v) is 3.03. The summed E-state index contributed by atoms with van der Waals surface area (Å²) in [5.41, 5.74) is 0. The monoisotopic (exact) mass is 195 g/mol. The predicted molar refractivity (Wildman–Crippen MR) is 52.3 cm³/mol. The molecule has 1 rings (SSSR count). The van der Waals surface area contributed by atoms with Gasteiger partial charge in [-0.15, -0.1) is 0 Å². The molecule has 1 aliphatic carbocycles. The van der Waals surface area contributed by atoms with Crippen LogP contribution in [0, 0.1) is 23.2 Å². The van der Waals surface area contributed by atoms with Gasteiger partial charge in [0.05, 0.1) is 19.1 Å². The van der Waals surface area contributed by atoms with E-state index in [1.165, 1.54) is 26.4 Å². The molecule has 0 bridgehead atoms. The van der Waals surface area contributed by atoms with Crippen molar-refractivity contribution in [2.45, 2.75) is 38.5 Å². The van der Waals surface area contributed by atoms with Gasteiger partial charge >= 0.3 is 5.97 Å². The van der Waals surface area contributed by atoms with Gasteiger partial charge in [0.1, 0.15) is 0 Å². The summed E-state index contributed by atoms with van der Waals surface area (Å²) in [6.07, 6.45) is 6.07. The molecule has 1 aliphatic rings. The van der Waals surface area contributed by atoms with Crippen molar-refractivity contribution in [1.29, 1.82) is 5.26 Å². The van der Waals surface area contributed by atoms with Crippen LogP contribution in [0.1, 0.15) is 38.5 Å². The number of hydrogen-bond acceptors (Lipinski definition) is 3. The summed E-state index contributed by atoms with van der Waals surface area (Å²) in [5, 5.41) is 8.65. The molecule has 0 N–H and O–H groups in total. The van der Waals surface area contributed by atoms with Crippen LogP contribution in [0.2, 0.25) is 0 Å². The van der Waals surface area contributed by atoms with Crippen LogP contribution in [0.3, 0.4) is 0 Å². The number of carbonyl (C=O) groups excluding carboxylic acids is 1. The number of methoxy groups -OCH3 is 1. The molecule has 14 heavy (non-hydrogen) atoms. The molecule has 1 fully saturated rings. The van der Waals surface area contributed by atoms with Crippen LogP contribution in [0.25, 0.3) is 0 Å². The van der Waals surface area contributed by atoms with E-state index in [0.29, 0.717) is 12.3 Å². The van der Waals surface area contributed by atoms with Crippen LogP contribution in [0.15, 0.2) is 0 Å². The molecule has 0 amide bonds. The summed E-state index contributed by atoms with van der Waals surface area (Å²) in [7, 11) is 1.40. The van der Waals surface area contributed by atoms with Crippen molar-refractivity contribution in [2.24, 2.45) is 11.8 Å². The summed E-state index contributed by atoms with van der Waals surface area (Å²) < 4.78 is 4.73. The van der Waals surface area contributed by atoms with Gasteiger partial charge in [-0.2, -0.15) is 5.26 Å². The first-order valence-corrected chi connectivity index (χ1v) is 5.24. The Kier molecular flexibility index (Phi) is 4.45. The van der Waals surface area contributed by atoms with E-state index < -0.39 is 0 Å². The highest BCUT2D eigenvalue weighted by atomic mass is 16.5. The standard InChI is InChI=1S/C11H17NO2/c1-14-11(13)10(7-8-12)9-5-3-2-4-6-9/h9-10H,2-7H2,1H3. The lowest BCUT2D eigenvalue weighted by Gasteiger charge is -2.26. The van der Waals surface area contributed by atoms with Crippen molar-refractivity contribution in [3.63, 3.8) is 0 Å². The molecule has 0 aromatic heterocycles. The minimum absolute atomic E-state index is 0.190. The number of esters is 1. The predicted octanol–water partition coefficient (Wildman–Crippen LogP) is 2.27. The summed E-state index contributed by atoms with van der Waals surface area (Å²) in [6, 6.07) is 2.08. The zero-order chi connectivity index (χ0) is 10.4. The van der Waals surface area contributed by atoms with Crippen LogP contribution < -0.4 is 0 Å². The maximum atomic E-state index is 11.4. The molecule has 0 heterocycles. The van der Waals surface area contributed by atoms with E-state index in [1.54, 1.807) is 0 Å². The smallest absolute Gasteiger partial charge is 0.309 e. The Balaban J connectivity index is 2.56. The van der Waals surface area contributed by atoms with E-state index in [4.69, 9.17) is 10.00 Å². The van der Waals surface area contributed by atoms with E-state index in [2.05, 4.69) is 6.07 Å². The van der Waals surface area contributed by atoms with Crippen LogP contribution in [-0.4, -0.2) is 13.1 Å². The van der Waals surface area contributed by atoms with Gasteiger partial charge in [-0.25, -0.2) is 0 Å². The lowest BCUT2D eigenvalue weighted by atomic mass is 9.79. The second-order valence-electron chi connectivity index (χ2n) is 3.89. The lowest BCUT2D eigenvalue weighted by Crippen LogP contribution is -2.26. The molecule has 78 valence electrons. The van der Waals surface area contributed by atoms with Crippen LogP contribution >= 0.6 is 0 Å². The summed E-state index contributed by atoms with van der Waals surface area (Å²) in [5.74, 6) is -0.0281. The third kappa shape index (κ3) is 2.73. The fourth-order valence-electron chi connectivity index (χ4n) is 2.23. The first-order valence-electron chi connectivity index (χ1n) is 5.24. The minimum atomic E-state index is -0.210. The molecule has 3 heteroatoms. The highest BCUT2D eigenvalue weighted by Gasteiger charge is 2.29. The maximum absolute atomic E-state index is 11.4. The molecule has 1 unspecified atom stereocenters. The number of hydrogen-bond donors (Lipinski definition) is 0. The van der Waals surface area contributed by atoms with Crippen molar-refractivity contribution >= 4 is 5.97 Å². The molecule has 0 radical (unpaired) electrons. The van der Waals surface area contributed by atoms with Crippen molar-refractivity contribution in [1.82, 2.24) is 0 Å². The Morgan fingerprint density at radius 1 is 1.50 bits per heavy atom. The van der Waals surface area contributed by atoms with Gasteiger partial charge in [-0.1, -0.05) is 19.3 Å². The van der Waals surface area contributed by atoms with E-state index in [-0.39, 0.29) is 11.9 Å². The molecular weight excluding hydrogens is 178 g/mol. The first-order chi connectivity index (χ1) is 6.79. The van der Waals surface area contributed by atoms with E-state index in [0.717, 1.165) is 12.8 Å². The molecule has 0 spiro atoms. The maximum Gasteiger partial charge on any atom is 0.309 e. The molecule has 0 aromatic carbocycles. The van der Waals surface area contributed by atoms with Crippen molar-refractivity contribution < 1.29 is 9.53 Å². The van der Waals surface area contributed by atoms with Crippen LogP contribution in [0.5, 0.6) is 0 Å². The number of rotatable bonds is 3. The largest absolute Gasteiger partial charge is 0.469 e. The van der Waals surface area contributed by atoms with Gasteiger partial charge in [0.2, 0.25) is 0 Å². The second-order valence-corrected chi connectivity index (χ2v) is 3.89. The Hall–Kier alpha value is -1.04. The van der Waals surface area contributed by atoms with Gasteiger partial charge in [-0.05, 0) is 18.8 Å². The third-order valence-electron chi connectivity index (χ3n) is 3.03. The zero-order valence-electron chi connectivity index (χ0n) is 8.66. The summed E-state index contributed by atoms with van der Waals surface area (Å²) in [4.78, 5) is 11.4. The Morgan fingerprint density at radius 2 is 2.14 bits per heavy atom. The fourth-order valence-corrected chi connectivity index (χ4v) is 2.23. The van der Waals surface area contributed by atoms with Crippen molar-refractivity contribution in [2.75, 3.05) is 7.11 Å². The Morgan fingerprint density at radius 3 is 2.64 bits per heavy atom. The van der Waals surface area contributed by atoms with Crippen molar-refractivity contribution in [3.8, 4) is 6.07 Å². The van der Waals surface area contributed by atoms with E-state index in [9.17, 15) is 4.79 Å². The minimum Gasteiger partial charge on any atom is -0.469 e. The zero-order valence-corrected chi connectivity index (χ0v) is 8.66. The molecule has 0 aliphatic heterocycles. The van der Waals surface area contributed by atoms with E-state index >= 15 is 0 Å². The average molecular weight is 195 g/mol. The van der Waals surface area contributed by atoms with Gasteiger partial charge in [0.25, 0.3) is 0 Å². The first kappa shape index (κ1) is 11.0. The topological polar surface area (TPSA) is 50.1 Å². The average Bonchev–Trinajstić information content (AvgIpc) is 2.26. The second kappa shape index (κ2) is 5.64. The fraction of sp³-hybridized carbons (Fsp3) is 0.818. The summed E-state index contributed by atoms with van der Waals surface area (Å²) >= 11 is 0. The number of ether oxygens (including phenoxy) is 1. The molecule has 0 aromatic rings. The molecule has 1 saturated carbocycles. The number of carbonyl (C=O) groups is 1. The number of nitrogens with zero attached hydrogens (tertiary/aromatic N) is 1. The molecular formula is C11H17NO2. The highest BCUT2D eigenvalue weighted by Crippen LogP contribution is 2.32. The van der Waals surface area contributed by atoms with Gasteiger partial charge in [0.15, 0.2) is 0 Å². The van der Waals surface area contributed by atoms with Crippen molar-refractivity contribution in [3.05, 3.63) is 0 Å². The highest BCUT2D eigenvalue weighted by molar-refractivity contribution is 5.72. The van der Waals surface area contributed by atoms with Gasteiger partial charge in [0, 0.05) is 6.42 Å². The molecule has 0 saturated heterocycles. The van der Waals surface area contributed by atoms with Gasteiger partial charge in [-0.3, -0.25) is 4.79 Å². The lowest BCUT2D eigenvalue weighted by molar-refractivity contribution is -0.147. The SMILES string of the molecule is COC(=O)C(CC#N)C1CCCCC1. The van der Waals surface area contributed by atoms with Crippen LogP contribution in [0.4, 0.5) is 0 Å². The molecule has 3 nitrogen and oxygen atoms in total. The van der Waals surface area contributed by atoms with Gasteiger partial charge < -0.3 is 4.74 Å². The number of nitriles is 1. The Bertz CT molecular complexity index is 226. The quantitative estimate of drug-likeness (QED) is 0.649. The van der Waals surface area contributed by atoms with E-state index in [1.807, 2.05) is 0 Å². The molecule has 1 atom stereocenters. The normalized spacial score (nSPS) is 19.7. The van der Waals surface area contributed by atoms with Crippen LogP contribution in [-0.2, 0) is 9.53 Å². The Labute approximate surface area is 85.1 Å². The summed E-state index contributed by atoms with van der Waals surface area (Å²) in [6.45, 7) is 0.